The number of hydrogen-bond acceptors (Lipinski definition) is 5. The van der Waals surface area contributed by atoms with Crippen molar-refractivity contribution in [3.8, 4) is 0 Å². The number of carbonyl (C=O) groups excluding carboxylic acids is 2. The number of ether oxygens (including phenoxy) is 3. The van der Waals surface area contributed by atoms with Crippen LogP contribution >= 0.6 is 0 Å². The van der Waals surface area contributed by atoms with Gasteiger partial charge in [0.1, 0.15) is 6.61 Å². The lowest BCUT2D eigenvalue weighted by molar-refractivity contribution is -0.163. The van der Waals surface area contributed by atoms with Crippen LogP contribution in [0.1, 0.15) is 213 Å². The maximum Gasteiger partial charge on any atom is 0.306 e. The molecule has 0 aliphatic heterocycles. The second kappa shape index (κ2) is 45.0. The molecule has 0 bridgehead atoms. The van der Waals surface area contributed by atoms with Crippen molar-refractivity contribution in [2.75, 3.05) is 19.8 Å². The fraction of sp³-hybridized carbons (Fsp3) is 0.755. The van der Waals surface area contributed by atoms with Crippen LogP contribution in [-0.2, 0) is 23.8 Å². The molecular weight excluding hydrogens is 669 g/mol. The highest BCUT2D eigenvalue weighted by Crippen LogP contribution is 2.13. The third-order valence-corrected chi connectivity index (χ3v) is 9.54. The highest BCUT2D eigenvalue weighted by Gasteiger charge is 2.17. The Morgan fingerprint density at radius 1 is 0.426 bits per heavy atom. The molecule has 0 aliphatic rings. The Morgan fingerprint density at radius 3 is 1.41 bits per heavy atom. The average Bonchev–Trinajstić information content (AvgIpc) is 3.17. The van der Waals surface area contributed by atoms with Crippen molar-refractivity contribution in [2.24, 2.45) is 0 Å². The molecule has 312 valence electrons. The lowest BCUT2D eigenvalue weighted by Gasteiger charge is -2.18. The first-order valence-corrected chi connectivity index (χ1v) is 22.8. The maximum atomic E-state index is 12.7. The second-order valence-corrected chi connectivity index (χ2v) is 14.9. The summed E-state index contributed by atoms with van der Waals surface area (Å²) in [4.78, 5) is 25.2. The van der Waals surface area contributed by atoms with E-state index < -0.39 is 6.10 Å². The van der Waals surface area contributed by atoms with Gasteiger partial charge in [-0.05, 0) is 83.5 Å². The summed E-state index contributed by atoms with van der Waals surface area (Å²) in [6, 6.07) is 0. The predicted octanol–water partition coefficient (Wildman–Crippen LogP) is 15.0. The van der Waals surface area contributed by atoms with Crippen LogP contribution in [0.5, 0.6) is 0 Å². The molecule has 1 unspecified atom stereocenters. The minimum absolute atomic E-state index is 0.0619. The number of allylic oxidation sites excluding steroid dienone is 10. The molecule has 0 saturated carbocycles. The van der Waals surface area contributed by atoms with E-state index in [9.17, 15) is 9.59 Å². The predicted molar refractivity (Wildman–Crippen MR) is 233 cm³/mol. The number of esters is 2. The molecule has 0 fully saturated rings. The van der Waals surface area contributed by atoms with Crippen LogP contribution in [0.25, 0.3) is 0 Å². The molecule has 0 aliphatic carbocycles. The van der Waals surface area contributed by atoms with Gasteiger partial charge in [0.25, 0.3) is 0 Å². The van der Waals surface area contributed by atoms with E-state index in [1.165, 1.54) is 109 Å². The zero-order valence-electron chi connectivity index (χ0n) is 35.7. The van der Waals surface area contributed by atoms with Crippen molar-refractivity contribution in [3.05, 3.63) is 60.8 Å². The van der Waals surface area contributed by atoms with Gasteiger partial charge in [0.05, 0.1) is 6.61 Å². The zero-order chi connectivity index (χ0) is 39.3. The Kier molecular flexibility index (Phi) is 43.0. The van der Waals surface area contributed by atoms with Crippen LogP contribution in [0.4, 0.5) is 0 Å². The first-order valence-electron chi connectivity index (χ1n) is 22.8. The zero-order valence-corrected chi connectivity index (χ0v) is 35.7. The molecular formula is C49H86O5. The highest BCUT2D eigenvalue weighted by atomic mass is 16.6. The number of carbonyl (C=O) groups is 2. The van der Waals surface area contributed by atoms with Crippen molar-refractivity contribution < 1.29 is 23.8 Å². The molecule has 5 heteroatoms. The Hall–Kier alpha value is -2.40. The molecule has 0 amide bonds. The third kappa shape index (κ3) is 42.3. The standard InChI is InChI=1S/C49H86O5/c1-4-7-10-13-16-19-21-23-25-26-28-31-33-36-39-42-48(50)53-46-47(54-49(51)43-40-37-34-30-18-15-12-9-6-3)45-52-44-41-38-35-32-29-27-24-22-20-17-14-11-8-5-2/h7,10,16,19-20,22-23,25,28,31,47H,4-6,8-9,11-15,17-18,21,24,26-27,29-30,32-46H2,1-3H3/b10-7-,19-16-,22-20-,25-23-,31-28-. The minimum atomic E-state index is -0.552. The summed E-state index contributed by atoms with van der Waals surface area (Å²) in [5.41, 5.74) is 0. The van der Waals surface area contributed by atoms with E-state index in [0.717, 1.165) is 70.6 Å². The monoisotopic (exact) mass is 755 g/mol. The quantitative estimate of drug-likeness (QED) is 0.0353. The third-order valence-electron chi connectivity index (χ3n) is 9.54. The van der Waals surface area contributed by atoms with Gasteiger partial charge < -0.3 is 14.2 Å². The smallest absolute Gasteiger partial charge is 0.306 e. The summed E-state index contributed by atoms with van der Waals surface area (Å²) in [7, 11) is 0. The molecule has 0 N–H and O–H groups in total. The molecule has 0 saturated heterocycles. The summed E-state index contributed by atoms with van der Waals surface area (Å²) < 4.78 is 17.3. The number of hydrogen-bond donors (Lipinski definition) is 0. The SMILES string of the molecule is CC/C=C\C/C=C\C/C=C\C/C=C\CCCCC(=O)OCC(COCCCCCCCC/C=C\CCCCCC)OC(=O)CCCCCCCCCCC. The summed E-state index contributed by atoms with van der Waals surface area (Å²) in [6.45, 7) is 7.63. The van der Waals surface area contributed by atoms with Crippen molar-refractivity contribution in [3.63, 3.8) is 0 Å². The van der Waals surface area contributed by atoms with Gasteiger partial charge in [-0.2, -0.15) is 0 Å². The Morgan fingerprint density at radius 2 is 0.833 bits per heavy atom. The van der Waals surface area contributed by atoms with Crippen molar-refractivity contribution in [2.45, 2.75) is 219 Å². The fourth-order valence-corrected chi connectivity index (χ4v) is 6.14. The molecule has 0 spiro atoms. The van der Waals surface area contributed by atoms with Crippen molar-refractivity contribution in [1.82, 2.24) is 0 Å². The Balaban J connectivity index is 4.30. The van der Waals surface area contributed by atoms with Crippen molar-refractivity contribution in [1.29, 1.82) is 0 Å². The maximum absolute atomic E-state index is 12.7. The van der Waals surface area contributed by atoms with Crippen LogP contribution in [-0.4, -0.2) is 37.9 Å². The first-order chi connectivity index (χ1) is 26.6. The van der Waals surface area contributed by atoms with Crippen LogP contribution < -0.4 is 0 Å². The van der Waals surface area contributed by atoms with E-state index in [1.807, 2.05) is 0 Å². The van der Waals surface area contributed by atoms with E-state index in [2.05, 4.69) is 81.5 Å². The molecule has 1 atom stereocenters. The molecule has 0 aromatic carbocycles. The Bertz CT molecular complexity index is 946. The van der Waals surface area contributed by atoms with Crippen LogP contribution in [0, 0.1) is 0 Å². The van der Waals surface area contributed by atoms with E-state index >= 15 is 0 Å². The first kappa shape index (κ1) is 51.6. The lowest BCUT2D eigenvalue weighted by Crippen LogP contribution is -2.30. The molecule has 0 radical (unpaired) electrons. The van der Waals surface area contributed by atoms with E-state index in [0.29, 0.717) is 19.4 Å². The van der Waals surface area contributed by atoms with E-state index in [-0.39, 0.29) is 25.2 Å². The van der Waals surface area contributed by atoms with Crippen LogP contribution in [0.2, 0.25) is 0 Å². The summed E-state index contributed by atoms with van der Waals surface area (Å²) in [5, 5.41) is 0. The normalized spacial score (nSPS) is 12.7. The molecule has 0 aromatic rings. The average molecular weight is 755 g/mol. The van der Waals surface area contributed by atoms with Gasteiger partial charge in [-0.3, -0.25) is 9.59 Å². The molecule has 0 heterocycles. The summed E-state index contributed by atoms with van der Waals surface area (Å²) in [5.74, 6) is -0.450. The van der Waals surface area contributed by atoms with Gasteiger partial charge in [-0.15, -0.1) is 0 Å². The molecule has 5 nitrogen and oxygen atoms in total. The lowest BCUT2D eigenvalue weighted by atomic mass is 10.1. The largest absolute Gasteiger partial charge is 0.462 e. The van der Waals surface area contributed by atoms with Gasteiger partial charge in [0.2, 0.25) is 0 Å². The molecule has 0 rings (SSSR count). The molecule has 54 heavy (non-hydrogen) atoms. The van der Waals surface area contributed by atoms with Crippen LogP contribution in [0.15, 0.2) is 60.8 Å². The molecule has 0 aromatic heterocycles. The topological polar surface area (TPSA) is 61.8 Å². The Labute approximate surface area is 334 Å². The minimum Gasteiger partial charge on any atom is -0.462 e. The van der Waals surface area contributed by atoms with Gasteiger partial charge in [-0.1, -0.05) is 178 Å². The number of rotatable bonds is 41. The summed E-state index contributed by atoms with van der Waals surface area (Å²) >= 11 is 0. The van der Waals surface area contributed by atoms with Gasteiger partial charge >= 0.3 is 11.9 Å². The van der Waals surface area contributed by atoms with E-state index in [4.69, 9.17) is 14.2 Å². The van der Waals surface area contributed by atoms with Gasteiger partial charge in [-0.25, -0.2) is 0 Å². The summed E-state index contributed by atoms with van der Waals surface area (Å²) in [6.07, 6.45) is 55.1. The van der Waals surface area contributed by atoms with Gasteiger partial charge in [0.15, 0.2) is 6.10 Å². The van der Waals surface area contributed by atoms with Crippen molar-refractivity contribution >= 4 is 11.9 Å². The number of unbranched alkanes of at least 4 members (excludes halogenated alkanes) is 20. The fourth-order valence-electron chi connectivity index (χ4n) is 6.14. The highest BCUT2D eigenvalue weighted by molar-refractivity contribution is 5.70. The van der Waals surface area contributed by atoms with E-state index in [1.54, 1.807) is 0 Å². The second-order valence-electron chi connectivity index (χ2n) is 14.9. The van der Waals surface area contributed by atoms with Gasteiger partial charge in [0, 0.05) is 19.4 Å². The van der Waals surface area contributed by atoms with Crippen LogP contribution in [0.3, 0.4) is 0 Å².